The number of hydrogen-bond acceptors (Lipinski definition) is 1. The predicted molar refractivity (Wildman–Crippen MR) is 286 cm³/mol. The lowest BCUT2D eigenvalue weighted by Crippen LogP contribution is -2.11. The third kappa shape index (κ3) is 7.43. The molecule has 0 aliphatic rings. The number of para-hydroxylation sites is 1. The monoisotopic (exact) mass is 851 g/mol. The van der Waals surface area contributed by atoms with Crippen molar-refractivity contribution in [3.8, 4) is 66.8 Å². The Kier molecular flexibility index (Phi) is 10.3. The van der Waals surface area contributed by atoms with E-state index in [1.165, 1.54) is 88.0 Å². The molecular formula is C66H45N. The van der Waals surface area contributed by atoms with Crippen molar-refractivity contribution in [1.29, 1.82) is 0 Å². The van der Waals surface area contributed by atoms with E-state index >= 15 is 0 Å². The molecule has 1 heteroatoms. The van der Waals surface area contributed by atoms with Crippen LogP contribution in [0.1, 0.15) is 0 Å². The highest BCUT2D eigenvalue weighted by Gasteiger charge is 2.21. The van der Waals surface area contributed by atoms with Crippen molar-refractivity contribution in [2.45, 2.75) is 0 Å². The molecule has 0 aromatic heterocycles. The van der Waals surface area contributed by atoms with Crippen LogP contribution in [0.15, 0.2) is 273 Å². The Balaban J connectivity index is 1.03. The lowest BCUT2D eigenvalue weighted by molar-refractivity contribution is 1.28. The summed E-state index contributed by atoms with van der Waals surface area (Å²) in [6, 6.07) is 99.5. The minimum Gasteiger partial charge on any atom is -0.310 e. The quantitative estimate of drug-likeness (QED) is 0.131. The van der Waals surface area contributed by atoms with E-state index in [2.05, 4.69) is 278 Å². The van der Waals surface area contributed by atoms with Gasteiger partial charge in [0.25, 0.3) is 0 Å². The first kappa shape index (κ1) is 39.8. The highest BCUT2D eigenvalue weighted by Crippen LogP contribution is 2.46. The van der Waals surface area contributed by atoms with E-state index in [1.807, 2.05) is 0 Å². The SMILES string of the molecule is c1ccc(-c2ccc(-c3ccc(N(c4cccc(-c5cccc6c5ccc5ccccc56)c4)c4ccccc4-c4cccc5cccc(-c6ccccc6)c45)cc3)cc2-c2ccccc2)cc1. The van der Waals surface area contributed by atoms with Crippen LogP contribution in [0.2, 0.25) is 0 Å². The van der Waals surface area contributed by atoms with E-state index in [9.17, 15) is 0 Å². The number of nitrogens with zero attached hydrogens (tertiary/aromatic N) is 1. The fraction of sp³-hybridized carbons (Fsp3) is 0. The van der Waals surface area contributed by atoms with E-state index in [0.29, 0.717) is 0 Å². The van der Waals surface area contributed by atoms with E-state index in [0.717, 1.165) is 28.2 Å². The first-order valence-electron chi connectivity index (χ1n) is 23.1. The van der Waals surface area contributed by atoms with Gasteiger partial charge in [0.1, 0.15) is 0 Å². The second-order valence-corrected chi connectivity index (χ2v) is 17.2. The molecule has 12 rings (SSSR count). The van der Waals surface area contributed by atoms with Crippen molar-refractivity contribution in [2.75, 3.05) is 4.90 Å². The third-order valence-corrected chi connectivity index (χ3v) is 13.3. The normalized spacial score (nSPS) is 11.3. The Hall–Kier alpha value is -8.78. The van der Waals surface area contributed by atoms with E-state index in [-0.39, 0.29) is 0 Å². The van der Waals surface area contributed by atoms with Gasteiger partial charge in [0.2, 0.25) is 0 Å². The van der Waals surface area contributed by atoms with Crippen LogP contribution < -0.4 is 4.90 Å². The van der Waals surface area contributed by atoms with Crippen molar-refractivity contribution >= 4 is 49.4 Å². The summed E-state index contributed by atoms with van der Waals surface area (Å²) in [5.74, 6) is 0. The first-order valence-corrected chi connectivity index (χ1v) is 23.1. The highest BCUT2D eigenvalue weighted by molar-refractivity contribution is 6.12. The van der Waals surface area contributed by atoms with Gasteiger partial charge in [0, 0.05) is 16.9 Å². The largest absolute Gasteiger partial charge is 0.310 e. The number of fused-ring (bicyclic) bond motifs is 4. The summed E-state index contributed by atoms with van der Waals surface area (Å²) in [5.41, 5.74) is 17.6. The molecule has 0 saturated heterocycles. The minimum absolute atomic E-state index is 1.07. The standard InChI is InChI=1S/C66H45N/c1-4-18-47(19-5-1)58-42-39-52(45-64(58)49-22-8-3-9-23-49)46-36-40-54(41-37-46)67(55-28-14-27-53(44-55)57-31-17-33-60-56-29-11-10-24-50(56)38-43-61(57)60)65-35-13-12-30-62(65)63-34-16-26-51-25-15-32-59(66(51)63)48-20-6-2-7-21-48/h1-45H. The zero-order valence-electron chi connectivity index (χ0n) is 36.9. The molecule has 0 aliphatic carbocycles. The molecule has 0 radical (unpaired) electrons. The van der Waals surface area contributed by atoms with Crippen molar-refractivity contribution in [3.05, 3.63) is 273 Å². The second kappa shape index (κ2) is 17.3. The Bertz CT molecular complexity index is 3720. The van der Waals surface area contributed by atoms with Gasteiger partial charge in [-0.3, -0.25) is 0 Å². The van der Waals surface area contributed by atoms with Crippen LogP contribution in [-0.4, -0.2) is 0 Å². The maximum Gasteiger partial charge on any atom is 0.0540 e. The maximum atomic E-state index is 2.45. The first-order chi connectivity index (χ1) is 33.2. The molecular weight excluding hydrogens is 807 g/mol. The van der Waals surface area contributed by atoms with Crippen LogP contribution in [-0.2, 0) is 0 Å². The van der Waals surface area contributed by atoms with Gasteiger partial charge >= 0.3 is 0 Å². The molecule has 0 heterocycles. The maximum absolute atomic E-state index is 2.45. The fourth-order valence-electron chi connectivity index (χ4n) is 10.1. The molecule has 0 bridgehead atoms. The molecule has 0 fully saturated rings. The summed E-state index contributed by atoms with van der Waals surface area (Å²) < 4.78 is 0. The Morgan fingerprint density at radius 2 is 0.746 bits per heavy atom. The summed E-state index contributed by atoms with van der Waals surface area (Å²) >= 11 is 0. The summed E-state index contributed by atoms with van der Waals surface area (Å²) in [5, 5.41) is 7.47. The number of anilines is 3. The number of hydrogen-bond donors (Lipinski definition) is 0. The molecule has 0 spiro atoms. The van der Waals surface area contributed by atoms with E-state index in [4.69, 9.17) is 0 Å². The molecule has 0 amide bonds. The molecule has 0 saturated carbocycles. The molecule has 12 aromatic rings. The zero-order chi connectivity index (χ0) is 44.5. The van der Waals surface area contributed by atoms with Crippen LogP contribution in [0.25, 0.3) is 99.1 Å². The molecule has 1 nitrogen and oxygen atoms in total. The smallest absolute Gasteiger partial charge is 0.0540 e. The lowest BCUT2D eigenvalue weighted by atomic mass is 9.90. The van der Waals surface area contributed by atoms with Crippen molar-refractivity contribution < 1.29 is 0 Å². The van der Waals surface area contributed by atoms with Gasteiger partial charge in [-0.25, -0.2) is 0 Å². The molecule has 0 aliphatic heterocycles. The Morgan fingerprint density at radius 3 is 1.51 bits per heavy atom. The van der Waals surface area contributed by atoms with Gasteiger partial charge in [-0.1, -0.05) is 237 Å². The fourth-order valence-corrected chi connectivity index (χ4v) is 10.1. The average molecular weight is 852 g/mol. The van der Waals surface area contributed by atoms with Crippen molar-refractivity contribution in [2.24, 2.45) is 0 Å². The van der Waals surface area contributed by atoms with Crippen LogP contribution in [0.5, 0.6) is 0 Å². The van der Waals surface area contributed by atoms with Crippen LogP contribution in [0, 0.1) is 0 Å². The Labute approximate surface area is 392 Å². The van der Waals surface area contributed by atoms with Crippen molar-refractivity contribution in [1.82, 2.24) is 0 Å². The van der Waals surface area contributed by atoms with Crippen LogP contribution >= 0.6 is 0 Å². The molecule has 0 N–H and O–H groups in total. The van der Waals surface area contributed by atoms with Crippen LogP contribution in [0.3, 0.4) is 0 Å². The average Bonchev–Trinajstić information content (AvgIpc) is 3.41. The molecule has 314 valence electrons. The van der Waals surface area contributed by atoms with Gasteiger partial charge in [-0.2, -0.15) is 0 Å². The van der Waals surface area contributed by atoms with Gasteiger partial charge in [-0.15, -0.1) is 0 Å². The third-order valence-electron chi connectivity index (χ3n) is 13.3. The van der Waals surface area contributed by atoms with E-state index < -0.39 is 0 Å². The summed E-state index contributed by atoms with van der Waals surface area (Å²) in [6.45, 7) is 0. The Morgan fingerprint density at radius 1 is 0.209 bits per heavy atom. The number of benzene rings is 12. The topological polar surface area (TPSA) is 3.24 Å². The van der Waals surface area contributed by atoms with Gasteiger partial charge < -0.3 is 4.90 Å². The van der Waals surface area contributed by atoms with Crippen molar-refractivity contribution in [3.63, 3.8) is 0 Å². The lowest BCUT2D eigenvalue weighted by Gasteiger charge is -2.29. The number of rotatable bonds is 9. The molecule has 0 atom stereocenters. The summed E-state index contributed by atoms with van der Waals surface area (Å²) in [7, 11) is 0. The summed E-state index contributed by atoms with van der Waals surface area (Å²) in [4.78, 5) is 2.45. The molecule has 67 heavy (non-hydrogen) atoms. The molecule has 12 aromatic carbocycles. The molecule has 0 unspecified atom stereocenters. The minimum atomic E-state index is 1.07. The van der Waals surface area contributed by atoms with E-state index in [1.54, 1.807) is 0 Å². The predicted octanol–water partition coefficient (Wildman–Crippen LogP) is 18.6. The summed E-state index contributed by atoms with van der Waals surface area (Å²) in [6.07, 6.45) is 0. The van der Waals surface area contributed by atoms with Gasteiger partial charge in [0.15, 0.2) is 0 Å². The highest BCUT2D eigenvalue weighted by atomic mass is 15.1. The zero-order valence-corrected chi connectivity index (χ0v) is 36.9. The van der Waals surface area contributed by atoms with Gasteiger partial charge in [0.05, 0.1) is 5.69 Å². The van der Waals surface area contributed by atoms with Crippen LogP contribution in [0.4, 0.5) is 17.1 Å². The van der Waals surface area contributed by atoms with Gasteiger partial charge in [-0.05, 0) is 130 Å². The second-order valence-electron chi connectivity index (χ2n) is 17.2.